The molecule has 1 amide bonds. The summed E-state index contributed by atoms with van der Waals surface area (Å²) in [5, 5.41) is 5.61. The van der Waals surface area contributed by atoms with Crippen LogP contribution in [0.3, 0.4) is 0 Å². The van der Waals surface area contributed by atoms with Crippen molar-refractivity contribution in [1.82, 2.24) is 19.8 Å². The summed E-state index contributed by atoms with van der Waals surface area (Å²) in [5.74, 6) is 2.66. The van der Waals surface area contributed by atoms with Gasteiger partial charge in [0.05, 0.1) is 0 Å². The largest absolute Gasteiger partial charge is 0.345 e. The second-order valence-electron chi connectivity index (χ2n) is 10.3. The van der Waals surface area contributed by atoms with Crippen LogP contribution in [0.15, 0.2) is 42.7 Å². The third kappa shape index (κ3) is 5.03. The molecule has 1 aliphatic carbocycles. The summed E-state index contributed by atoms with van der Waals surface area (Å²) in [4.78, 5) is 26.6. The molecule has 2 fully saturated rings. The second kappa shape index (κ2) is 10.3. The van der Waals surface area contributed by atoms with Crippen LogP contribution in [-0.2, 0) is 0 Å². The molecule has 184 valence electrons. The minimum Gasteiger partial charge on any atom is -0.345 e. The molecule has 1 saturated heterocycles. The number of amides is 1. The molecule has 6 nitrogen and oxygen atoms in total. The minimum atomic E-state index is 0.0714. The number of benzene rings is 1. The highest BCUT2D eigenvalue weighted by Gasteiger charge is 2.26. The first-order chi connectivity index (χ1) is 17.0. The van der Waals surface area contributed by atoms with E-state index in [0.717, 1.165) is 47.4 Å². The van der Waals surface area contributed by atoms with Gasteiger partial charge in [-0.3, -0.25) is 4.79 Å². The molecule has 2 aromatic heterocycles. The Labute approximate surface area is 208 Å². The van der Waals surface area contributed by atoms with Gasteiger partial charge in [-0.1, -0.05) is 31.9 Å². The van der Waals surface area contributed by atoms with Crippen LogP contribution in [0.1, 0.15) is 78.8 Å². The molecule has 0 unspecified atom stereocenters. The molecule has 3 heterocycles. The first-order valence-electron chi connectivity index (χ1n) is 13.1. The number of aromatic nitrogens is 2. The van der Waals surface area contributed by atoms with Crippen LogP contribution in [0.5, 0.6) is 0 Å². The predicted molar refractivity (Wildman–Crippen MR) is 143 cm³/mol. The van der Waals surface area contributed by atoms with Crippen molar-refractivity contribution in [2.24, 2.45) is 0 Å². The molecular weight excluding hydrogens is 434 g/mol. The monoisotopic (exact) mass is 471 g/mol. The maximum atomic E-state index is 13.0. The number of anilines is 2. The Hall–Kier alpha value is -2.99. The minimum absolute atomic E-state index is 0.0714. The Morgan fingerprint density at radius 1 is 0.971 bits per heavy atom. The summed E-state index contributed by atoms with van der Waals surface area (Å²) in [5.41, 5.74) is 3.34. The van der Waals surface area contributed by atoms with Crippen LogP contribution >= 0.6 is 0 Å². The van der Waals surface area contributed by atoms with Crippen molar-refractivity contribution in [2.75, 3.05) is 39.0 Å². The van der Waals surface area contributed by atoms with Crippen LogP contribution in [-0.4, -0.2) is 59.4 Å². The molecule has 2 aliphatic rings. The fourth-order valence-electron chi connectivity index (χ4n) is 5.82. The summed E-state index contributed by atoms with van der Waals surface area (Å²) in [6.45, 7) is 5.72. The predicted octanol–water partition coefficient (Wildman–Crippen LogP) is 5.93. The maximum Gasteiger partial charge on any atom is 0.253 e. The van der Waals surface area contributed by atoms with Gasteiger partial charge in [-0.2, -0.15) is 0 Å². The number of nitrogens with zero attached hydrogens (tertiary/aromatic N) is 4. The highest BCUT2D eigenvalue weighted by Crippen LogP contribution is 2.40. The molecule has 0 bridgehead atoms. The van der Waals surface area contributed by atoms with E-state index in [2.05, 4.69) is 40.3 Å². The number of nitrogens with one attached hydrogen (secondary N) is 1. The lowest BCUT2D eigenvalue weighted by Crippen LogP contribution is -2.32. The first kappa shape index (κ1) is 23.7. The number of carbonyl (C=O) groups is 1. The van der Waals surface area contributed by atoms with E-state index in [1.54, 1.807) is 4.90 Å². The highest BCUT2D eigenvalue weighted by molar-refractivity contribution is 6.02. The molecule has 35 heavy (non-hydrogen) atoms. The van der Waals surface area contributed by atoms with Crippen LogP contribution < -0.4 is 5.32 Å². The third-order valence-electron chi connectivity index (χ3n) is 7.89. The molecule has 0 spiro atoms. The van der Waals surface area contributed by atoms with Gasteiger partial charge < -0.3 is 15.1 Å². The van der Waals surface area contributed by atoms with Crippen LogP contribution in [0.2, 0.25) is 0 Å². The van der Waals surface area contributed by atoms with Gasteiger partial charge in [0.1, 0.15) is 11.6 Å². The number of likely N-dealkylation sites (tertiary alicyclic amines) is 1. The highest BCUT2D eigenvalue weighted by atomic mass is 16.2. The van der Waals surface area contributed by atoms with Gasteiger partial charge in [0, 0.05) is 37.4 Å². The normalized spacial score (nSPS) is 17.7. The van der Waals surface area contributed by atoms with E-state index in [9.17, 15) is 4.79 Å². The summed E-state index contributed by atoms with van der Waals surface area (Å²) < 4.78 is 0. The average Bonchev–Trinajstić information content (AvgIpc) is 3.42. The van der Waals surface area contributed by atoms with Crippen molar-refractivity contribution in [3.05, 3.63) is 59.4 Å². The van der Waals surface area contributed by atoms with Gasteiger partial charge >= 0.3 is 0 Å². The molecular formula is C29H37N5O. The zero-order valence-electron chi connectivity index (χ0n) is 21.3. The number of rotatable bonds is 6. The van der Waals surface area contributed by atoms with Gasteiger partial charge in [-0.25, -0.2) is 9.97 Å². The Morgan fingerprint density at radius 3 is 2.37 bits per heavy atom. The number of fused-ring (bicyclic) bond motifs is 1. The molecule has 0 radical (unpaired) electrons. The van der Waals surface area contributed by atoms with Crippen molar-refractivity contribution >= 4 is 28.3 Å². The zero-order chi connectivity index (χ0) is 24.4. The summed E-state index contributed by atoms with van der Waals surface area (Å²) in [6.07, 6.45) is 11.1. The fourth-order valence-corrected chi connectivity index (χ4v) is 5.82. The number of carbonyl (C=O) groups excluding carboxylic acids is 1. The van der Waals surface area contributed by atoms with Gasteiger partial charge in [0.25, 0.3) is 5.91 Å². The molecule has 6 heteroatoms. The van der Waals surface area contributed by atoms with Crippen LogP contribution in [0.4, 0.5) is 11.6 Å². The second-order valence-corrected chi connectivity index (χ2v) is 10.3. The smallest absolute Gasteiger partial charge is 0.253 e. The van der Waals surface area contributed by atoms with Gasteiger partial charge in [0.2, 0.25) is 0 Å². The topological polar surface area (TPSA) is 61.4 Å². The zero-order valence-corrected chi connectivity index (χ0v) is 21.3. The van der Waals surface area contributed by atoms with E-state index in [0.29, 0.717) is 11.8 Å². The van der Waals surface area contributed by atoms with E-state index in [1.165, 1.54) is 49.9 Å². The van der Waals surface area contributed by atoms with E-state index in [4.69, 9.17) is 4.98 Å². The van der Waals surface area contributed by atoms with Crippen LogP contribution in [0.25, 0.3) is 10.8 Å². The third-order valence-corrected chi connectivity index (χ3v) is 7.89. The summed E-state index contributed by atoms with van der Waals surface area (Å²) in [6, 6.07) is 10.4. The van der Waals surface area contributed by atoms with Gasteiger partial charge in [-0.05, 0) is 91.9 Å². The average molecular weight is 472 g/mol. The van der Waals surface area contributed by atoms with Crippen molar-refractivity contribution in [1.29, 1.82) is 0 Å². The van der Waals surface area contributed by atoms with E-state index < -0.39 is 0 Å². The van der Waals surface area contributed by atoms with Crippen molar-refractivity contribution in [3.8, 4) is 0 Å². The van der Waals surface area contributed by atoms with Crippen LogP contribution in [0, 0.1) is 0 Å². The lowest BCUT2D eigenvalue weighted by Gasteiger charge is -2.31. The lowest BCUT2D eigenvalue weighted by atomic mass is 9.88. The molecule has 3 aromatic rings. The van der Waals surface area contributed by atoms with Crippen molar-refractivity contribution < 1.29 is 4.79 Å². The Balaban J connectivity index is 1.41. The summed E-state index contributed by atoms with van der Waals surface area (Å²) >= 11 is 0. The standard InChI is InChI=1S/C29H37N5O/c1-4-34-15-13-20(14-16-34)22-10-12-26(30-18-22)32-27-17-25-23(19-31-27)9-11-24(29(35)33(2)3)28(25)21-7-5-6-8-21/h9-12,17-21H,4-8,13-16H2,1-3H3,(H,30,31,32). The molecule has 1 saturated carbocycles. The quantitative estimate of drug-likeness (QED) is 0.483. The Bertz CT molecular complexity index is 1180. The van der Waals surface area contributed by atoms with E-state index in [-0.39, 0.29) is 5.91 Å². The molecule has 1 aliphatic heterocycles. The molecule has 0 atom stereocenters. The Morgan fingerprint density at radius 2 is 1.71 bits per heavy atom. The molecule has 1 N–H and O–H groups in total. The van der Waals surface area contributed by atoms with Crippen molar-refractivity contribution in [2.45, 2.75) is 57.3 Å². The lowest BCUT2D eigenvalue weighted by molar-refractivity contribution is 0.0826. The molecule has 1 aromatic carbocycles. The SMILES string of the molecule is CCN1CCC(c2ccc(Nc3cc4c(C5CCCC5)c(C(=O)N(C)C)ccc4cn3)nc2)CC1. The van der Waals surface area contributed by atoms with Gasteiger partial charge in [-0.15, -0.1) is 0 Å². The number of hydrogen-bond acceptors (Lipinski definition) is 5. The molecule has 5 rings (SSSR count). The number of hydrogen-bond donors (Lipinski definition) is 1. The van der Waals surface area contributed by atoms with Crippen molar-refractivity contribution in [3.63, 3.8) is 0 Å². The van der Waals surface area contributed by atoms with Gasteiger partial charge in [0.15, 0.2) is 0 Å². The van der Waals surface area contributed by atoms with E-state index >= 15 is 0 Å². The number of piperidine rings is 1. The number of pyridine rings is 2. The van der Waals surface area contributed by atoms with E-state index in [1.807, 2.05) is 38.6 Å². The summed E-state index contributed by atoms with van der Waals surface area (Å²) in [7, 11) is 3.65. The maximum absolute atomic E-state index is 13.0. The fraction of sp³-hybridized carbons (Fsp3) is 0.483. The Kier molecular flexibility index (Phi) is 7.00. The first-order valence-corrected chi connectivity index (χ1v) is 13.1.